The summed E-state index contributed by atoms with van der Waals surface area (Å²) in [5.41, 5.74) is 2.12. The lowest BCUT2D eigenvalue weighted by atomic mass is 10.1. The third-order valence-corrected chi connectivity index (χ3v) is 4.03. The van der Waals surface area contributed by atoms with E-state index >= 15 is 0 Å². The van der Waals surface area contributed by atoms with Crippen molar-refractivity contribution in [1.29, 1.82) is 0 Å². The molecule has 0 aliphatic rings. The van der Waals surface area contributed by atoms with Crippen LogP contribution in [0.5, 0.6) is 5.75 Å². The minimum absolute atomic E-state index is 0.179. The van der Waals surface area contributed by atoms with Gasteiger partial charge in [-0.05, 0) is 42.1 Å². The van der Waals surface area contributed by atoms with Crippen molar-refractivity contribution in [1.82, 2.24) is 0 Å². The molecule has 5 heteroatoms. The molecule has 1 atom stereocenters. The molecule has 0 aliphatic heterocycles. The summed E-state index contributed by atoms with van der Waals surface area (Å²) in [6.07, 6.45) is 0. The molecule has 0 saturated carbocycles. The summed E-state index contributed by atoms with van der Waals surface area (Å²) in [5, 5.41) is 6.01. The van der Waals surface area contributed by atoms with Gasteiger partial charge in [0.1, 0.15) is 5.75 Å². The zero-order valence-electron chi connectivity index (χ0n) is 10.0. The van der Waals surface area contributed by atoms with Gasteiger partial charge in [0.15, 0.2) is 0 Å². The van der Waals surface area contributed by atoms with E-state index in [0.29, 0.717) is 10.8 Å². The zero-order chi connectivity index (χ0) is 13.1. The molecular formula is C13H13Cl2NOS. The van der Waals surface area contributed by atoms with Crippen LogP contribution in [0.4, 0.5) is 5.69 Å². The Labute approximate surface area is 120 Å². The average molecular weight is 302 g/mol. The largest absolute Gasteiger partial charge is 0.495 e. The first-order valence-electron chi connectivity index (χ1n) is 5.44. The predicted octanol–water partition coefficient (Wildman–Crippen LogP) is 5.24. The van der Waals surface area contributed by atoms with Crippen LogP contribution in [0.2, 0.25) is 9.36 Å². The third-order valence-electron chi connectivity index (χ3n) is 2.62. The highest BCUT2D eigenvalue weighted by Gasteiger charge is 2.09. The third kappa shape index (κ3) is 3.10. The van der Waals surface area contributed by atoms with Crippen LogP contribution in [0.3, 0.4) is 0 Å². The number of ether oxygens (including phenoxy) is 1. The van der Waals surface area contributed by atoms with Gasteiger partial charge in [-0.15, -0.1) is 11.3 Å². The maximum absolute atomic E-state index is 6.08. The van der Waals surface area contributed by atoms with Gasteiger partial charge in [-0.1, -0.05) is 23.2 Å². The minimum atomic E-state index is 0.179. The van der Waals surface area contributed by atoms with Crippen LogP contribution in [0, 0.1) is 0 Å². The molecule has 2 rings (SSSR count). The maximum Gasteiger partial charge on any atom is 0.137 e. The van der Waals surface area contributed by atoms with Gasteiger partial charge in [-0.3, -0.25) is 0 Å². The summed E-state index contributed by atoms with van der Waals surface area (Å²) < 4.78 is 5.92. The van der Waals surface area contributed by atoms with Crippen LogP contribution in [0.1, 0.15) is 18.5 Å². The maximum atomic E-state index is 6.08. The molecule has 0 fully saturated rings. The Morgan fingerprint density at radius 3 is 2.61 bits per heavy atom. The van der Waals surface area contributed by atoms with Crippen LogP contribution in [-0.2, 0) is 0 Å². The number of hydrogen-bond donors (Lipinski definition) is 1. The summed E-state index contributed by atoms with van der Waals surface area (Å²) in [6, 6.07) is 7.78. The number of anilines is 1. The molecule has 2 aromatic rings. The Hall–Kier alpha value is -0.900. The molecule has 0 bridgehead atoms. The lowest BCUT2D eigenvalue weighted by molar-refractivity contribution is 0.415. The Morgan fingerprint density at radius 2 is 2.06 bits per heavy atom. The van der Waals surface area contributed by atoms with Crippen molar-refractivity contribution in [2.75, 3.05) is 12.4 Å². The van der Waals surface area contributed by atoms with E-state index in [4.69, 9.17) is 27.9 Å². The number of methoxy groups -OCH3 is 1. The van der Waals surface area contributed by atoms with Gasteiger partial charge in [0.05, 0.1) is 16.5 Å². The summed E-state index contributed by atoms with van der Waals surface area (Å²) >= 11 is 13.5. The van der Waals surface area contributed by atoms with Gasteiger partial charge in [-0.25, -0.2) is 0 Å². The Bertz CT molecular complexity index is 542. The molecule has 96 valence electrons. The van der Waals surface area contributed by atoms with E-state index in [-0.39, 0.29) is 6.04 Å². The second kappa shape index (κ2) is 5.83. The van der Waals surface area contributed by atoms with E-state index in [1.165, 1.54) is 11.3 Å². The summed E-state index contributed by atoms with van der Waals surface area (Å²) in [5.74, 6) is 0.674. The van der Waals surface area contributed by atoms with Crippen LogP contribution >= 0.6 is 34.5 Å². The van der Waals surface area contributed by atoms with Crippen molar-refractivity contribution in [2.45, 2.75) is 13.0 Å². The van der Waals surface area contributed by atoms with Crippen molar-refractivity contribution in [3.63, 3.8) is 0 Å². The van der Waals surface area contributed by atoms with Crippen molar-refractivity contribution >= 4 is 40.2 Å². The predicted molar refractivity (Wildman–Crippen MR) is 79.4 cm³/mol. The highest BCUT2D eigenvalue weighted by Crippen LogP contribution is 2.30. The molecule has 1 unspecified atom stereocenters. The van der Waals surface area contributed by atoms with E-state index in [0.717, 1.165) is 15.6 Å². The van der Waals surface area contributed by atoms with E-state index in [9.17, 15) is 0 Å². The fourth-order valence-electron chi connectivity index (χ4n) is 1.64. The molecule has 2 nitrogen and oxygen atoms in total. The number of nitrogens with one attached hydrogen (secondary N) is 1. The van der Waals surface area contributed by atoms with Crippen molar-refractivity contribution in [3.05, 3.63) is 44.6 Å². The van der Waals surface area contributed by atoms with Gasteiger partial charge >= 0.3 is 0 Å². The van der Waals surface area contributed by atoms with Crippen LogP contribution in [0.25, 0.3) is 0 Å². The van der Waals surface area contributed by atoms with Crippen molar-refractivity contribution in [2.24, 2.45) is 0 Å². The monoisotopic (exact) mass is 301 g/mol. The van der Waals surface area contributed by atoms with Crippen LogP contribution in [-0.4, -0.2) is 7.11 Å². The molecule has 0 radical (unpaired) electrons. The number of hydrogen-bond acceptors (Lipinski definition) is 3. The Kier molecular flexibility index (Phi) is 4.38. The van der Waals surface area contributed by atoms with E-state index in [1.54, 1.807) is 7.11 Å². The molecule has 1 aromatic heterocycles. The lowest BCUT2D eigenvalue weighted by Crippen LogP contribution is -2.05. The van der Waals surface area contributed by atoms with Crippen LogP contribution in [0.15, 0.2) is 29.6 Å². The number of halogens is 2. The van der Waals surface area contributed by atoms with Gasteiger partial charge < -0.3 is 10.1 Å². The zero-order valence-corrected chi connectivity index (χ0v) is 12.4. The second-order valence-corrected chi connectivity index (χ2v) is 5.85. The fourth-order valence-corrected chi connectivity index (χ4v) is 2.88. The molecule has 1 aromatic carbocycles. The molecule has 0 amide bonds. The van der Waals surface area contributed by atoms with Gasteiger partial charge in [-0.2, -0.15) is 0 Å². The number of benzene rings is 1. The highest BCUT2D eigenvalue weighted by atomic mass is 35.5. The van der Waals surface area contributed by atoms with Gasteiger partial charge in [0.2, 0.25) is 0 Å². The smallest absolute Gasteiger partial charge is 0.137 e. The Balaban J connectivity index is 2.12. The molecule has 1 N–H and O–H groups in total. The fraction of sp³-hybridized carbons (Fsp3) is 0.231. The molecular weight excluding hydrogens is 289 g/mol. The molecule has 0 spiro atoms. The Morgan fingerprint density at radius 1 is 1.28 bits per heavy atom. The quantitative estimate of drug-likeness (QED) is 0.834. The first-order valence-corrected chi connectivity index (χ1v) is 7.07. The number of thiophene rings is 1. The van der Waals surface area contributed by atoms with Crippen LogP contribution < -0.4 is 10.1 Å². The molecule has 0 aliphatic carbocycles. The summed E-state index contributed by atoms with van der Waals surface area (Å²) in [6.45, 7) is 2.08. The SMILES string of the molecule is COc1ccc(NC(C)c2csc(Cl)c2)cc1Cl. The molecule has 1 heterocycles. The van der Waals surface area contributed by atoms with Gasteiger partial charge in [0.25, 0.3) is 0 Å². The van der Waals surface area contributed by atoms with Crippen molar-refractivity contribution in [3.8, 4) is 5.75 Å². The highest BCUT2D eigenvalue weighted by molar-refractivity contribution is 7.14. The molecule has 18 heavy (non-hydrogen) atoms. The minimum Gasteiger partial charge on any atom is -0.495 e. The first-order chi connectivity index (χ1) is 8.60. The van der Waals surface area contributed by atoms with E-state index < -0.39 is 0 Å². The first kappa shape index (κ1) is 13.5. The van der Waals surface area contributed by atoms with Crippen molar-refractivity contribution < 1.29 is 4.74 Å². The summed E-state index contributed by atoms with van der Waals surface area (Å²) in [7, 11) is 1.60. The van der Waals surface area contributed by atoms with E-state index in [2.05, 4.69) is 12.2 Å². The topological polar surface area (TPSA) is 21.3 Å². The van der Waals surface area contributed by atoms with Gasteiger partial charge in [0, 0.05) is 11.7 Å². The average Bonchev–Trinajstić information content (AvgIpc) is 2.76. The standard InChI is InChI=1S/C13H13Cl2NOS/c1-8(9-5-13(15)18-7-9)16-10-3-4-12(17-2)11(14)6-10/h3-8,16H,1-2H3. The number of rotatable bonds is 4. The second-order valence-electron chi connectivity index (χ2n) is 3.90. The molecule has 0 saturated heterocycles. The summed E-state index contributed by atoms with van der Waals surface area (Å²) in [4.78, 5) is 0. The lowest BCUT2D eigenvalue weighted by Gasteiger charge is -2.15. The van der Waals surface area contributed by atoms with E-state index in [1.807, 2.05) is 29.6 Å². The normalized spacial score (nSPS) is 12.2.